The number of nitrogens with one attached hydrogen (secondary N) is 2. The van der Waals surface area contributed by atoms with Crippen LogP contribution in [0, 0.1) is 5.92 Å². The van der Waals surface area contributed by atoms with Gasteiger partial charge in [0.1, 0.15) is 6.04 Å². The Kier molecular flexibility index (Phi) is 20.5. The average molecular weight is 1120 g/mol. The maximum atomic E-state index is 14.1. The van der Waals surface area contributed by atoms with E-state index < -0.39 is 11.9 Å². The van der Waals surface area contributed by atoms with Crippen molar-refractivity contribution in [1.82, 2.24) is 20.0 Å². The number of fused-ring (bicyclic) bond motifs is 2. The molecule has 4 heterocycles. The van der Waals surface area contributed by atoms with Crippen molar-refractivity contribution in [1.29, 1.82) is 0 Å². The zero-order chi connectivity index (χ0) is 56.1. The van der Waals surface area contributed by atoms with E-state index in [0.29, 0.717) is 91.5 Å². The SMILES string of the molecule is COc1cc2c(cc1OC(C)C)[C@H](c1ccc(Cl)cc1)N(c1ccc(N(C)C[C@H]3CC[C@H](N4CCN(CCOCCOCCOCCOCCC(=O)Nc5cccc6c5CN(C5CCC(=O)NC5=O)C6=O)CC4)CC3)cc1)C(=O)C2. The van der Waals surface area contributed by atoms with Crippen molar-refractivity contribution < 1.29 is 52.4 Å². The van der Waals surface area contributed by atoms with E-state index in [1.165, 1.54) is 30.6 Å². The summed E-state index contributed by atoms with van der Waals surface area (Å²) in [5.41, 5.74) is 6.50. The fraction of sp³-hybridized carbons (Fsp3) is 0.525. The third-order valence-corrected chi connectivity index (χ3v) is 16.2. The number of halogens is 1. The van der Waals surface area contributed by atoms with Gasteiger partial charge in [-0.25, -0.2) is 0 Å². The van der Waals surface area contributed by atoms with Gasteiger partial charge in [0.2, 0.25) is 23.6 Å². The van der Waals surface area contributed by atoms with Crippen molar-refractivity contribution >= 4 is 58.2 Å². The summed E-state index contributed by atoms with van der Waals surface area (Å²) in [5.74, 6) is 0.567. The minimum atomic E-state index is -0.722. The number of methoxy groups -OCH3 is 1. The second-order valence-electron chi connectivity index (χ2n) is 21.7. The van der Waals surface area contributed by atoms with Gasteiger partial charge in [0.05, 0.1) is 85.0 Å². The average Bonchev–Trinajstić information content (AvgIpc) is 3.95. The number of hydrogen-bond donors (Lipinski definition) is 2. The normalized spacial score (nSPS) is 20.7. The lowest BCUT2D eigenvalue weighted by Crippen LogP contribution is -2.52. The van der Waals surface area contributed by atoms with Crippen LogP contribution in [0.25, 0.3) is 0 Å². The molecule has 3 fully saturated rings. The van der Waals surface area contributed by atoms with Crippen molar-refractivity contribution in [3.05, 3.63) is 112 Å². The van der Waals surface area contributed by atoms with Crippen LogP contribution in [0.2, 0.25) is 5.02 Å². The minimum absolute atomic E-state index is 0.0193. The Hall–Kier alpha value is -6.12. The predicted octanol–water partition coefficient (Wildman–Crippen LogP) is 7.28. The monoisotopic (exact) mass is 1120 g/mol. The smallest absolute Gasteiger partial charge is 0.255 e. The van der Waals surface area contributed by atoms with Crippen molar-refractivity contribution in [3.63, 3.8) is 0 Å². The van der Waals surface area contributed by atoms with E-state index in [9.17, 15) is 24.0 Å². The highest BCUT2D eigenvalue weighted by atomic mass is 35.5. The number of ether oxygens (including phenoxy) is 6. The molecule has 0 bridgehead atoms. The first-order valence-corrected chi connectivity index (χ1v) is 28.8. The Morgan fingerprint density at radius 1 is 0.787 bits per heavy atom. The molecule has 0 spiro atoms. The molecule has 0 aromatic heterocycles. The molecule has 5 amide bonds. The lowest BCUT2D eigenvalue weighted by molar-refractivity contribution is -0.137. The Morgan fingerprint density at radius 3 is 2.12 bits per heavy atom. The highest BCUT2D eigenvalue weighted by Gasteiger charge is 2.41. The number of carbonyl (C=O) groups excluding carboxylic acids is 5. The van der Waals surface area contributed by atoms with Crippen molar-refractivity contribution in [3.8, 4) is 11.5 Å². The molecule has 4 aromatic carbocycles. The molecule has 4 aliphatic heterocycles. The first kappa shape index (κ1) is 58.5. The predicted molar refractivity (Wildman–Crippen MR) is 306 cm³/mol. The van der Waals surface area contributed by atoms with Gasteiger partial charge in [-0.3, -0.25) is 39.1 Å². The third-order valence-electron chi connectivity index (χ3n) is 16.0. The van der Waals surface area contributed by atoms with E-state index in [2.05, 4.69) is 56.6 Å². The number of nitrogens with zero attached hydrogens (tertiary/aromatic N) is 5. The molecule has 1 aliphatic carbocycles. The molecule has 4 aromatic rings. The minimum Gasteiger partial charge on any atom is -0.493 e. The molecule has 2 saturated heterocycles. The molecule has 1 unspecified atom stereocenters. The number of piperazine rings is 1. The van der Waals surface area contributed by atoms with E-state index in [-0.39, 0.29) is 74.6 Å². The Balaban J connectivity index is 0.600. The standard InChI is InChI=1S/C61H78ClN7O11/c1-41(2)80-55-38-50-44(36-54(55)75-4)37-58(72)69(59(50)43-10-12-45(62)13-11-43)48-18-16-46(17-19-48)65(3)39-42-8-14-47(15-9-42)67-25-23-66(24-26-67)27-29-77-31-33-79-35-34-78-32-30-76-28-22-57(71)63-52-7-5-6-49-51(52)40-68(61(49)74)53-20-21-56(70)64-60(53)73/h5-7,10-13,16-19,36,38,41-42,47,53,59H,8-9,14-15,20-35,37,39-40H2,1-4H3,(H,63,71)(H,64,70,73)/t42-,47-,53?,59-/m0/s1. The van der Waals surface area contributed by atoms with Gasteiger partial charge in [-0.1, -0.05) is 29.8 Å². The van der Waals surface area contributed by atoms with Crippen LogP contribution in [0.1, 0.15) is 97.4 Å². The number of imide groups is 1. The van der Waals surface area contributed by atoms with E-state index in [4.69, 9.17) is 40.0 Å². The van der Waals surface area contributed by atoms with Gasteiger partial charge in [0.25, 0.3) is 5.91 Å². The molecule has 9 rings (SSSR count). The van der Waals surface area contributed by atoms with Gasteiger partial charge in [-0.15, -0.1) is 0 Å². The molecular formula is C61H78ClN7O11. The zero-order valence-corrected chi connectivity index (χ0v) is 47.5. The van der Waals surface area contributed by atoms with Crippen LogP contribution in [-0.4, -0.2) is 169 Å². The quantitative estimate of drug-likeness (QED) is 0.0473. The summed E-state index contributed by atoms with van der Waals surface area (Å²) < 4.78 is 34.7. The third kappa shape index (κ3) is 14.9. The van der Waals surface area contributed by atoms with Gasteiger partial charge in [0.15, 0.2) is 11.5 Å². The highest BCUT2D eigenvalue weighted by molar-refractivity contribution is 6.30. The maximum absolute atomic E-state index is 14.1. The van der Waals surface area contributed by atoms with Crippen LogP contribution in [0.4, 0.5) is 17.1 Å². The molecule has 5 aliphatic rings. The van der Waals surface area contributed by atoms with E-state index in [0.717, 1.165) is 67.3 Å². The number of piperidine rings is 1. The first-order chi connectivity index (χ1) is 38.8. The second kappa shape index (κ2) is 28.0. The van der Waals surface area contributed by atoms with Gasteiger partial charge in [0, 0.05) is 98.5 Å². The summed E-state index contributed by atoms with van der Waals surface area (Å²) >= 11 is 6.34. The van der Waals surface area contributed by atoms with Crippen LogP contribution in [0.3, 0.4) is 0 Å². The zero-order valence-electron chi connectivity index (χ0n) is 46.8. The van der Waals surface area contributed by atoms with Gasteiger partial charge < -0.3 is 48.4 Å². The summed E-state index contributed by atoms with van der Waals surface area (Å²) in [6, 6.07) is 24.8. The van der Waals surface area contributed by atoms with Crippen LogP contribution in [0.5, 0.6) is 11.5 Å². The van der Waals surface area contributed by atoms with Crippen molar-refractivity contribution in [2.75, 3.05) is 121 Å². The Bertz CT molecular complexity index is 2770. The molecule has 2 N–H and O–H groups in total. The number of benzene rings is 4. The van der Waals surface area contributed by atoms with Crippen molar-refractivity contribution in [2.45, 2.75) is 96.0 Å². The molecule has 80 heavy (non-hydrogen) atoms. The van der Waals surface area contributed by atoms with Crippen molar-refractivity contribution in [2.24, 2.45) is 5.92 Å². The highest BCUT2D eigenvalue weighted by Crippen LogP contribution is 2.44. The maximum Gasteiger partial charge on any atom is 0.255 e. The topological polar surface area (TPSA) is 181 Å². The van der Waals surface area contributed by atoms with E-state index >= 15 is 0 Å². The number of hydrogen-bond acceptors (Lipinski definition) is 14. The van der Waals surface area contributed by atoms with Crippen LogP contribution in [0.15, 0.2) is 78.9 Å². The molecule has 1 saturated carbocycles. The second-order valence-corrected chi connectivity index (χ2v) is 22.1. The summed E-state index contributed by atoms with van der Waals surface area (Å²) in [6.45, 7) is 13.9. The summed E-state index contributed by atoms with van der Waals surface area (Å²) in [6.07, 6.45) is 5.66. The molecule has 18 nitrogen and oxygen atoms in total. The van der Waals surface area contributed by atoms with Gasteiger partial charge >= 0.3 is 0 Å². The first-order valence-electron chi connectivity index (χ1n) is 28.4. The number of rotatable bonds is 26. The van der Waals surface area contributed by atoms with E-state index in [1.54, 1.807) is 25.3 Å². The summed E-state index contributed by atoms with van der Waals surface area (Å²) in [4.78, 5) is 74.8. The Labute approximate surface area is 475 Å². The van der Waals surface area contributed by atoms with Crippen LogP contribution in [-0.2, 0) is 51.1 Å². The number of anilines is 3. The van der Waals surface area contributed by atoms with Gasteiger partial charge in [-0.05, 0) is 129 Å². The largest absolute Gasteiger partial charge is 0.493 e. The molecule has 2 atom stereocenters. The lowest BCUT2D eigenvalue weighted by atomic mass is 9.84. The van der Waals surface area contributed by atoms with E-state index in [1.807, 2.05) is 55.1 Å². The molecule has 19 heteroatoms. The molecule has 0 radical (unpaired) electrons. The number of carbonyl (C=O) groups is 5. The Morgan fingerprint density at radius 2 is 1.46 bits per heavy atom. The summed E-state index contributed by atoms with van der Waals surface area (Å²) in [7, 11) is 3.81. The van der Waals surface area contributed by atoms with Crippen LogP contribution >= 0.6 is 11.6 Å². The lowest BCUT2D eigenvalue weighted by Gasteiger charge is -2.42. The number of amides is 5. The fourth-order valence-electron chi connectivity index (χ4n) is 11.8. The fourth-order valence-corrected chi connectivity index (χ4v) is 11.9. The molecule has 430 valence electrons. The summed E-state index contributed by atoms with van der Waals surface area (Å²) in [5, 5.41) is 5.82. The molecular weight excluding hydrogens is 1040 g/mol. The van der Waals surface area contributed by atoms with Crippen LogP contribution < -0.4 is 29.9 Å². The van der Waals surface area contributed by atoms with Gasteiger partial charge in [-0.2, -0.15) is 0 Å².